The van der Waals surface area contributed by atoms with Crippen molar-refractivity contribution in [1.29, 1.82) is 5.41 Å². The van der Waals surface area contributed by atoms with Crippen LogP contribution in [-0.2, 0) is 22.4 Å². The van der Waals surface area contributed by atoms with Gasteiger partial charge < -0.3 is 15.8 Å². The molecule has 1 unspecified atom stereocenters. The van der Waals surface area contributed by atoms with Gasteiger partial charge in [-0.25, -0.2) is 4.79 Å². The Balaban J connectivity index is 2.37. The number of hydrogen-bond acceptors (Lipinski definition) is 4. The second kappa shape index (κ2) is 9.76. The average molecular weight is 367 g/mol. The van der Waals surface area contributed by atoms with Crippen molar-refractivity contribution in [3.63, 3.8) is 0 Å². The van der Waals surface area contributed by atoms with Crippen LogP contribution in [0, 0.1) is 5.41 Å². The van der Waals surface area contributed by atoms with Gasteiger partial charge in [-0.2, -0.15) is 0 Å². The molecule has 27 heavy (non-hydrogen) atoms. The van der Waals surface area contributed by atoms with E-state index in [1.807, 2.05) is 12.1 Å². The molecule has 5 heteroatoms. The SMILES string of the molecule is CCCc1cc(CCC)cc(C(Nc2ccc(C(=N)N)cc2)C(=O)OC)c1. The third-order valence-electron chi connectivity index (χ3n) is 4.43. The number of carbonyl (C=O) groups is 1. The third-order valence-corrected chi connectivity index (χ3v) is 4.43. The van der Waals surface area contributed by atoms with Gasteiger partial charge in [0.25, 0.3) is 0 Å². The van der Waals surface area contributed by atoms with Gasteiger partial charge in [0, 0.05) is 11.3 Å². The van der Waals surface area contributed by atoms with E-state index in [9.17, 15) is 4.79 Å². The fourth-order valence-corrected chi connectivity index (χ4v) is 3.13. The Labute approximate surface area is 161 Å². The van der Waals surface area contributed by atoms with Crippen molar-refractivity contribution in [3.8, 4) is 0 Å². The highest BCUT2D eigenvalue weighted by molar-refractivity contribution is 5.95. The first-order chi connectivity index (χ1) is 13.0. The van der Waals surface area contributed by atoms with Crippen molar-refractivity contribution < 1.29 is 9.53 Å². The van der Waals surface area contributed by atoms with E-state index in [-0.39, 0.29) is 11.8 Å². The fourth-order valence-electron chi connectivity index (χ4n) is 3.13. The van der Waals surface area contributed by atoms with Crippen LogP contribution in [0.25, 0.3) is 0 Å². The predicted octanol–water partition coefficient (Wildman–Crippen LogP) is 4.20. The molecule has 0 saturated heterocycles. The number of nitrogens with two attached hydrogens (primary N) is 1. The number of amidine groups is 1. The lowest BCUT2D eigenvalue weighted by atomic mass is 9.96. The molecule has 2 aromatic carbocycles. The van der Waals surface area contributed by atoms with Crippen LogP contribution in [0.5, 0.6) is 0 Å². The zero-order chi connectivity index (χ0) is 19.8. The van der Waals surface area contributed by atoms with E-state index in [2.05, 4.69) is 37.4 Å². The molecule has 0 spiro atoms. The van der Waals surface area contributed by atoms with E-state index in [0.29, 0.717) is 5.56 Å². The Hall–Kier alpha value is -2.82. The molecule has 5 nitrogen and oxygen atoms in total. The molecular formula is C22H29N3O2. The minimum atomic E-state index is -0.592. The van der Waals surface area contributed by atoms with Crippen LogP contribution >= 0.6 is 0 Å². The van der Waals surface area contributed by atoms with Crippen LogP contribution in [0.4, 0.5) is 5.69 Å². The molecule has 0 radical (unpaired) electrons. The van der Waals surface area contributed by atoms with Crippen LogP contribution < -0.4 is 11.1 Å². The smallest absolute Gasteiger partial charge is 0.332 e. The second-order valence-electron chi connectivity index (χ2n) is 6.67. The van der Waals surface area contributed by atoms with E-state index in [4.69, 9.17) is 15.9 Å². The average Bonchev–Trinajstić information content (AvgIpc) is 2.66. The molecule has 0 aliphatic heterocycles. The molecule has 1 atom stereocenters. The van der Waals surface area contributed by atoms with Gasteiger partial charge in [0.2, 0.25) is 0 Å². The number of methoxy groups -OCH3 is 1. The maximum absolute atomic E-state index is 12.5. The summed E-state index contributed by atoms with van der Waals surface area (Å²) in [6.45, 7) is 4.30. The van der Waals surface area contributed by atoms with E-state index >= 15 is 0 Å². The summed E-state index contributed by atoms with van der Waals surface area (Å²) in [7, 11) is 1.40. The fraction of sp³-hybridized carbons (Fsp3) is 0.364. The normalized spacial score (nSPS) is 11.7. The standard InChI is InChI=1S/C22H29N3O2/c1-4-6-15-12-16(7-5-2)14-18(13-15)20(22(26)27-3)25-19-10-8-17(9-11-19)21(23)24/h8-14,20,25H,4-7H2,1-3H3,(H3,23,24). The van der Waals surface area contributed by atoms with Crippen LogP contribution in [0.1, 0.15) is 55.0 Å². The van der Waals surface area contributed by atoms with Crippen LogP contribution in [0.2, 0.25) is 0 Å². The van der Waals surface area contributed by atoms with Gasteiger partial charge >= 0.3 is 5.97 Å². The number of anilines is 1. The Kier molecular flexibility index (Phi) is 7.41. The number of nitrogens with one attached hydrogen (secondary N) is 2. The summed E-state index contributed by atoms with van der Waals surface area (Å²) in [6, 6.07) is 13.0. The molecule has 4 N–H and O–H groups in total. The van der Waals surface area contributed by atoms with Gasteiger partial charge in [0.15, 0.2) is 6.04 Å². The van der Waals surface area contributed by atoms with Crippen molar-refractivity contribution in [1.82, 2.24) is 0 Å². The monoisotopic (exact) mass is 367 g/mol. The number of carbonyl (C=O) groups excluding carboxylic acids is 1. The number of nitrogen functional groups attached to an aromatic ring is 1. The lowest BCUT2D eigenvalue weighted by Gasteiger charge is -2.20. The zero-order valence-electron chi connectivity index (χ0n) is 16.3. The maximum atomic E-state index is 12.5. The predicted molar refractivity (Wildman–Crippen MR) is 110 cm³/mol. The molecule has 0 aliphatic rings. The van der Waals surface area contributed by atoms with Gasteiger partial charge in [0.05, 0.1) is 7.11 Å². The Bertz CT molecular complexity index is 760. The molecule has 0 bridgehead atoms. The summed E-state index contributed by atoms with van der Waals surface area (Å²) in [5.41, 5.74) is 10.3. The van der Waals surface area contributed by atoms with Crippen molar-refractivity contribution in [2.75, 3.05) is 12.4 Å². The van der Waals surface area contributed by atoms with Crippen LogP contribution in [0.3, 0.4) is 0 Å². The van der Waals surface area contributed by atoms with E-state index in [1.165, 1.54) is 18.2 Å². The first kappa shape index (κ1) is 20.5. The molecule has 0 amide bonds. The largest absolute Gasteiger partial charge is 0.467 e. The van der Waals surface area contributed by atoms with Crippen LogP contribution in [-0.4, -0.2) is 18.9 Å². The molecule has 0 saturated carbocycles. The number of hydrogen-bond donors (Lipinski definition) is 3. The van der Waals surface area contributed by atoms with Gasteiger partial charge in [-0.1, -0.05) is 44.9 Å². The Morgan fingerprint density at radius 3 is 2.07 bits per heavy atom. The van der Waals surface area contributed by atoms with Crippen molar-refractivity contribution in [2.24, 2.45) is 5.73 Å². The number of benzene rings is 2. The van der Waals surface area contributed by atoms with Crippen LogP contribution in [0.15, 0.2) is 42.5 Å². The topological polar surface area (TPSA) is 88.2 Å². The lowest BCUT2D eigenvalue weighted by molar-refractivity contribution is -0.141. The zero-order valence-corrected chi connectivity index (χ0v) is 16.3. The molecule has 0 fully saturated rings. The van der Waals surface area contributed by atoms with E-state index in [1.54, 1.807) is 12.1 Å². The maximum Gasteiger partial charge on any atom is 0.332 e. The summed E-state index contributed by atoms with van der Waals surface area (Å²) >= 11 is 0. The summed E-state index contributed by atoms with van der Waals surface area (Å²) in [5.74, 6) is -0.315. The van der Waals surface area contributed by atoms with E-state index < -0.39 is 6.04 Å². The van der Waals surface area contributed by atoms with Crippen molar-refractivity contribution in [3.05, 3.63) is 64.7 Å². The summed E-state index contributed by atoms with van der Waals surface area (Å²) in [4.78, 5) is 12.5. The Morgan fingerprint density at radius 2 is 1.63 bits per heavy atom. The number of rotatable bonds is 9. The van der Waals surface area contributed by atoms with Gasteiger partial charge in [-0.3, -0.25) is 5.41 Å². The lowest BCUT2D eigenvalue weighted by Crippen LogP contribution is -2.23. The van der Waals surface area contributed by atoms with Gasteiger partial charge in [0.1, 0.15) is 5.84 Å². The molecule has 0 aliphatic carbocycles. The highest BCUT2D eigenvalue weighted by Gasteiger charge is 2.22. The molecule has 2 aromatic rings. The summed E-state index contributed by atoms with van der Waals surface area (Å²) < 4.78 is 5.05. The minimum Gasteiger partial charge on any atom is -0.467 e. The highest BCUT2D eigenvalue weighted by atomic mass is 16.5. The van der Waals surface area contributed by atoms with E-state index in [0.717, 1.165) is 36.9 Å². The molecule has 144 valence electrons. The first-order valence-electron chi connectivity index (χ1n) is 9.40. The molecular weight excluding hydrogens is 338 g/mol. The highest BCUT2D eigenvalue weighted by Crippen LogP contribution is 2.25. The number of aryl methyl sites for hydroxylation is 2. The molecule has 0 heterocycles. The number of esters is 1. The second-order valence-corrected chi connectivity index (χ2v) is 6.67. The first-order valence-corrected chi connectivity index (χ1v) is 9.40. The molecule has 2 rings (SSSR count). The minimum absolute atomic E-state index is 0.0162. The third kappa shape index (κ3) is 5.58. The Morgan fingerprint density at radius 1 is 1.07 bits per heavy atom. The summed E-state index contributed by atoms with van der Waals surface area (Å²) in [5, 5.41) is 10.8. The quantitative estimate of drug-likeness (QED) is 0.352. The van der Waals surface area contributed by atoms with Gasteiger partial charge in [-0.05, 0) is 53.8 Å². The van der Waals surface area contributed by atoms with Gasteiger partial charge in [-0.15, -0.1) is 0 Å². The number of ether oxygens (including phenoxy) is 1. The molecule has 0 aromatic heterocycles. The summed E-state index contributed by atoms with van der Waals surface area (Å²) in [6.07, 6.45) is 4.06. The van der Waals surface area contributed by atoms with Crippen molar-refractivity contribution in [2.45, 2.75) is 45.6 Å². The van der Waals surface area contributed by atoms with Crippen molar-refractivity contribution >= 4 is 17.5 Å².